The zero-order valence-corrected chi connectivity index (χ0v) is 16.3. The number of anilines is 1. The van der Waals surface area contributed by atoms with Crippen molar-refractivity contribution in [3.05, 3.63) is 53.1 Å². The minimum absolute atomic E-state index is 0.0286. The van der Waals surface area contributed by atoms with Crippen molar-refractivity contribution in [3.8, 4) is 11.5 Å². The van der Waals surface area contributed by atoms with Crippen LogP contribution in [0.1, 0.15) is 23.6 Å². The SMILES string of the molecule is CCOc1ccc(CN(C)CC(=O)Nc2cccc(C)c2C)cc1OC. The van der Waals surface area contributed by atoms with Crippen LogP contribution < -0.4 is 14.8 Å². The summed E-state index contributed by atoms with van der Waals surface area (Å²) < 4.78 is 10.9. The molecule has 26 heavy (non-hydrogen) atoms. The molecule has 0 fully saturated rings. The molecule has 140 valence electrons. The van der Waals surface area contributed by atoms with E-state index in [0.717, 1.165) is 28.1 Å². The van der Waals surface area contributed by atoms with Crippen molar-refractivity contribution in [1.82, 2.24) is 4.90 Å². The number of hydrogen-bond acceptors (Lipinski definition) is 4. The lowest BCUT2D eigenvalue weighted by Gasteiger charge is -2.18. The van der Waals surface area contributed by atoms with Gasteiger partial charge in [0, 0.05) is 12.2 Å². The van der Waals surface area contributed by atoms with Crippen LogP contribution in [0, 0.1) is 13.8 Å². The van der Waals surface area contributed by atoms with E-state index in [4.69, 9.17) is 9.47 Å². The largest absolute Gasteiger partial charge is 0.493 e. The Hall–Kier alpha value is -2.53. The van der Waals surface area contributed by atoms with Crippen molar-refractivity contribution < 1.29 is 14.3 Å². The fraction of sp³-hybridized carbons (Fsp3) is 0.381. The molecule has 0 radical (unpaired) electrons. The molecule has 0 atom stereocenters. The first-order valence-electron chi connectivity index (χ1n) is 8.79. The number of benzene rings is 2. The first-order valence-corrected chi connectivity index (χ1v) is 8.79. The molecular formula is C21H28N2O3. The Labute approximate surface area is 155 Å². The molecule has 0 heterocycles. The monoisotopic (exact) mass is 356 g/mol. The Morgan fingerprint density at radius 2 is 1.92 bits per heavy atom. The Morgan fingerprint density at radius 3 is 2.62 bits per heavy atom. The van der Waals surface area contributed by atoms with Gasteiger partial charge in [0.1, 0.15) is 0 Å². The number of hydrogen-bond donors (Lipinski definition) is 1. The standard InChI is InChI=1S/C21H28N2O3/c1-6-26-19-11-10-17(12-20(19)25-5)13-23(4)14-21(24)22-18-9-7-8-15(2)16(18)3/h7-12H,6,13-14H2,1-5H3,(H,22,24). The molecule has 0 saturated carbocycles. The number of aryl methyl sites for hydroxylation is 1. The van der Waals surface area contributed by atoms with Crippen molar-refractivity contribution in [2.45, 2.75) is 27.3 Å². The summed E-state index contributed by atoms with van der Waals surface area (Å²) in [6, 6.07) is 11.8. The van der Waals surface area contributed by atoms with E-state index in [2.05, 4.69) is 5.32 Å². The quantitative estimate of drug-likeness (QED) is 0.782. The molecule has 5 nitrogen and oxygen atoms in total. The van der Waals surface area contributed by atoms with Gasteiger partial charge in [0.2, 0.25) is 5.91 Å². The second-order valence-corrected chi connectivity index (χ2v) is 6.39. The van der Waals surface area contributed by atoms with Crippen LogP contribution in [0.4, 0.5) is 5.69 Å². The number of methoxy groups -OCH3 is 1. The van der Waals surface area contributed by atoms with Gasteiger partial charge in [-0.1, -0.05) is 18.2 Å². The summed E-state index contributed by atoms with van der Waals surface area (Å²) in [5, 5.41) is 2.99. The average molecular weight is 356 g/mol. The number of ether oxygens (including phenoxy) is 2. The van der Waals surface area contributed by atoms with E-state index in [1.54, 1.807) is 7.11 Å². The maximum absolute atomic E-state index is 12.3. The molecule has 5 heteroatoms. The minimum Gasteiger partial charge on any atom is -0.493 e. The summed E-state index contributed by atoms with van der Waals surface area (Å²) >= 11 is 0. The van der Waals surface area contributed by atoms with Crippen LogP contribution >= 0.6 is 0 Å². The fourth-order valence-electron chi connectivity index (χ4n) is 2.77. The maximum Gasteiger partial charge on any atom is 0.238 e. The van der Waals surface area contributed by atoms with Gasteiger partial charge >= 0.3 is 0 Å². The highest BCUT2D eigenvalue weighted by molar-refractivity contribution is 5.93. The highest BCUT2D eigenvalue weighted by Gasteiger charge is 2.11. The highest BCUT2D eigenvalue weighted by atomic mass is 16.5. The van der Waals surface area contributed by atoms with Gasteiger partial charge < -0.3 is 14.8 Å². The van der Waals surface area contributed by atoms with Crippen LogP contribution in [0.15, 0.2) is 36.4 Å². The van der Waals surface area contributed by atoms with Crippen LogP contribution in [0.5, 0.6) is 11.5 Å². The fourth-order valence-corrected chi connectivity index (χ4v) is 2.77. The van der Waals surface area contributed by atoms with E-state index in [9.17, 15) is 4.79 Å². The molecule has 0 aliphatic rings. The number of likely N-dealkylation sites (N-methyl/N-ethyl adjacent to an activating group) is 1. The van der Waals surface area contributed by atoms with Crippen LogP contribution in [0.3, 0.4) is 0 Å². The van der Waals surface area contributed by atoms with Gasteiger partial charge in [0.15, 0.2) is 11.5 Å². The molecule has 0 saturated heterocycles. The van der Waals surface area contributed by atoms with Crippen molar-refractivity contribution >= 4 is 11.6 Å². The maximum atomic E-state index is 12.3. The molecule has 0 spiro atoms. The summed E-state index contributed by atoms with van der Waals surface area (Å²) in [5.74, 6) is 1.41. The third-order valence-corrected chi connectivity index (χ3v) is 4.27. The van der Waals surface area contributed by atoms with Crippen LogP contribution in [-0.2, 0) is 11.3 Å². The molecule has 2 aromatic rings. The number of carbonyl (C=O) groups excluding carboxylic acids is 1. The second-order valence-electron chi connectivity index (χ2n) is 6.39. The van der Waals surface area contributed by atoms with Gasteiger partial charge in [-0.25, -0.2) is 0 Å². The molecule has 0 aliphatic heterocycles. The van der Waals surface area contributed by atoms with E-state index in [1.165, 1.54) is 0 Å². The number of rotatable bonds is 8. The zero-order chi connectivity index (χ0) is 19.1. The summed E-state index contributed by atoms with van der Waals surface area (Å²) in [6.07, 6.45) is 0. The van der Waals surface area contributed by atoms with E-state index in [-0.39, 0.29) is 5.91 Å². The molecular weight excluding hydrogens is 328 g/mol. The molecule has 0 aromatic heterocycles. The number of amides is 1. The van der Waals surface area contributed by atoms with Crippen LogP contribution in [0.2, 0.25) is 0 Å². The van der Waals surface area contributed by atoms with E-state index >= 15 is 0 Å². The van der Waals surface area contributed by atoms with E-state index in [0.29, 0.717) is 25.4 Å². The smallest absolute Gasteiger partial charge is 0.238 e. The van der Waals surface area contributed by atoms with Crippen LogP contribution in [0.25, 0.3) is 0 Å². The Balaban J connectivity index is 1.96. The summed E-state index contributed by atoms with van der Waals surface area (Å²) in [5.41, 5.74) is 4.19. The molecule has 1 amide bonds. The van der Waals surface area contributed by atoms with Crippen molar-refractivity contribution in [1.29, 1.82) is 0 Å². The lowest BCUT2D eigenvalue weighted by atomic mass is 10.1. The van der Waals surface area contributed by atoms with E-state index < -0.39 is 0 Å². The first kappa shape index (κ1) is 19.8. The molecule has 0 bridgehead atoms. The first-order chi connectivity index (χ1) is 12.4. The molecule has 2 rings (SSSR count). The third kappa shape index (κ3) is 5.23. The topological polar surface area (TPSA) is 50.8 Å². The van der Waals surface area contributed by atoms with Gasteiger partial charge in [-0.05, 0) is 62.7 Å². The van der Waals surface area contributed by atoms with Crippen molar-refractivity contribution in [2.24, 2.45) is 0 Å². The average Bonchev–Trinajstić information content (AvgIpc) is 2.60. The minimum atomic E-state index is -0.0286. The number of carbonyl (C=O) groups is 1. The highest BCUT2D eigenvalue weighted by Crippen LogP contribution is 2.28. The lowest BCUT2D eigenvalue weighted by Crippen LogP contribution is -2.30. The van der Waals surface area contributed by atoms with Crippen molar-refractivity contribution in [3.63, 3.8) is 0 Å². The molecule has 1 N–H and O–H groups in total. The van der Waals surface area contributed by atoms with E-state index in [1.807, 2.05) is 69.1 Å². The number of nitrogens with zero attached hydrogens (tertiary/aromatic N) is 1. The second kappa shape index (κ2) is 9.25. The summed E-state index contributed by atoms with van der Waals surface area (Å²) in [4.78, 5) is 14.3. The van der Waals surface area contributed by atoms with Gasteiger partial charge in [0.25, 0.3) is 0 Å². The lowest BCUT2D eigenvalue weighted by molar-refractivity contribution is -0.117. The van der Waals surface area contributed by atoms with Gasteiger partial charge in [-0.15, -0.1) is 0 Å². The summed E-state index contributed by atoms with van der Waals surface area (Å²) in [7, 11) is 3.55. The van der Waals surface area contributed by atoms with Crippen LogP contribution in [-0.4, -0.2) is 38.1 Å². The molecule has 0 aliphatic carbocycles. The van der Waals surface area contributed by atoms with Gasteiger partial charge in [-0.3, -0.25) is 9.69 Å². The Bertz CT molecular complexity index is 759. The Morgan fingerprint density at radius 1 is 1.15 bits per heavy atom. The Kier molecular flexibility index (Phi) is 7.04. The van der Waals surface area contributed by atoms with Crippen molar-refractivity contribution in [2.75, 3.05) is 32.6 Å². The normalized spacial score (nSPS) is 10.7. The van der Waals surface area contributed by atoms with Gasteiger partial charge in [0.05, 0.1) is 20.3 Å². The predicted octanol–water partition coefficient (Wildman–Crippen LogP) is 3.78. The third-order valence-electron chi connectivity index (χ3n) is 4.27. The molecule has 2 aromatic carbocycles. The summed E-state index contributed by atoms with van der Waals surface area (Å²) in [6.45, 7) is 7.53. The molecule has 0 unspecified atom stereocenters. The zero-order valence-electron chi connectivity index (χ0n) is 16.3. The predicted molar refractivity (Wildman–Crippen MR) is 105 cm³/mol. The van der Waals surface area contributed by atoms with Gasteiger partial charge in [-0.2, -0.15) is 0 Å². The number of nitrogens with one attached hydrogen (secondary N) is 1.